The van der Waals surface area contributed by atoms with Gasteiger partial charge in [-0.3, -0.25) is 9.36 Å². The molecule has 10 nitrogen and oxygen atoms in total. The molecule has 0 unspecified atom stereocenters. The zero-order valence-electron chi connectivity index (χ0n) is 25.2. The summed E-state index contributed by atoms with van der Waals surface area (Å²) in [5.41, 5.74) is 3.84. The molecule has 6 rings (SSSR count). The van der Waals surface area contributed by atoms with E-state index in [0.29, 0.717) is 24.9 Å². The SMILES string of the molecule is Cn1nc(-c2ccco2)cc1C1CCN(C(=O)OC(C)(C)C)CC1.Cn1nc(-c2ccco2)cc1C1CCNCC1.[V]. The number of furan rings is 2. The van der Waals surface area contributed by atoms with E-state index in [0.717, 1.165) is 48.8 Å². The number of aryl methyl sites for hydroxylation is 2. The molecule has 2 fully saturated rings. The standard InChI is InChI=1S/C18H25N3O3.C13H17N3O.V/c1-18(2,3)24-17(22)21-9-7-13(8-10-21)15-12-14(19-20(15)4)16-6-5-11-23-16;1-16-12(10-4-6-14-7-5-10)9-11(15-16)13-3-2-8-17-13;/h5-6,11-13H,7-10H2,1-4H3;2-3,8-10,14H,4-7H2,1H3;. The zero-order valence-corrected chi connectivity index (χ0v) is 26.6. The van der Waals surface area contributed by atoms with Crippen LogP contribution in [0.4, 0.5) is 4.79 Å². The Balaban J connectivity index is 0.000000198. The molecular formula is C31H42N6O4V. The Kier molecular flexibility index (Phi) is 10.5. The van der Waals surface area contributed by atoms with Gasteiger partial charge in [0.1, 0.15) is 17.0 Å². The van der Waals surface area contributed by atoms with Gasteiger partial charge in [-0.25, -0.2) is 4.79 Å². The second-order valence-electron chi connectivity index (χ2n) is 11.9. The van der Waals surface area contributed by atoms with Crippen molar-refractivity contribution >= 4 is 6.09 Å². The zero-order chi connectivity index (χ0) is 29.0. The van der Waals surface area contributed by atoms with Crippen molar-refractivity contribution in [2.45, 2.75) is 63.9 Å². The van der Waals surface area contributed by atoms with Crippen LogP contribution in [0.25, 0.3) is 22.9 Å². The van der Waals surface area contributed by atoms with Crippen molar-refractivity contribution in [3.8, 4) is 22.9 Å². The number of rotatable bonds is 4. The second kappa shape index (κ2) is 13.8. The summed E-state index contributed by atoms with van der Waals surface area (Å²) in [5.74, 6) is 2.64. The Bertz CT molecular complexity index is 1390. The maximum atomic E-state index is 12.2. The molecular weight excluding hydrogens is 571 g/mol. The van der Waals surface area contributed by atoms with E-state index in [1.807, 2.05) is 68.5 Å². The smallest absolute Gasteiger partial charge is 0.410 e. The van der Waals surface area contributed by atoms with Gasteiger partial charge >= 0.3 is 6.09 Å². The minimum Gasteiger partial charge on any atom is -0.463 e. The van der Waals surface area contributed by atoms with Gasteiger partial charge in [0.15, 0.2) is 11.5 Å². The normalized spacial score (nSPS) is 16.5. The molecule has 0 spiro atoms. The Morgan fingerprint density at radius 2 is 1.33 bits per heavy atom. The molecule has 0 aliphatic carbocycles. The fraction of sp³-hybridized carbons (Fsp3) is 0.516. The van der Waals surface area contributed by atoms with Crippen LogP contribution in [0.2, 0.25) is 0 Å². The first-order valence-corrected chi connectivity index (χ1v) is 14.5. The first kappa shape index (κ1) is 31.7. The fourth-order valence-electron chi connectivity index (χ4n) is 5.62. The number of ether oxygens (including phenoxy) is 1. The van der Waals surface area contributed by atoms with Gasteiger partial charge < -0.3 is 23.8 Å². The molecule has 4 aromatic rings. The van der Waals surface area contributed by atoms with Gasteiger partial charge in [0.2, 0.25) is 0 Å². The number of hydrogen-bond acceptors (Lipinski definition) is 7. The van der Waals surface area contributed by atoms with Crippen molar-refractivity contribution in [3.05, 3.63) is 60.3 Å². The molecule has 42 heavy (non-hydrogen) atoms. The molecule has 0 atom stereocenters. The summed E-state index contributed by atoms with van der Waals surface area (Å²) in [4.78, 5) is 14.0. The van der Waals surface area contributed by atoms with E-state index in [-0.39, 0.29) is 24.6 Å². The molecule has 6 heterocycles. The van der Waals surface area contributed by atoms with E-state index < -0.39 is 5.60 Å². The van der Waals surface area contributed by atoms with Gasteiger partial charge in [-0.05, 0) is 95.9 Å². The minimum absolute atomic E-state index is 0. The van der Waals surface area contributed by atoms with Crippen molar-refractivity contribution in [1.29, 1.82) is 0 Å². The van der Waals surface area contributed by atoms with Crippen LogP contribution in [0.15, 0.2) is 57.8 Å². The summed E-state index contributed by atoms with van der Waals surface area (Å²) in [6.45, 7) is 9.30. The molecule has 2 saturated heterocycles. The number of nitrogens with zero attached hydrogens (tertiary/aromatic N) is 5. The Morgan fingerprint density at radius 3 is 1.76 bits per heavy atom. The van der Waals surface area contributed by atoms with E-state index in [9.17, 15) is 4.79 Å². The summed E-state index contributed by atoms with van der Waals surface area (Å²) >= 11 is 0. The van der Waals surface area contributed by atoms with Crippen molar-refractivity contribution in [3.63, 3.8) is 0 Å². The average molecular weight is 614 g/mol. The van der Waals surface area contributed by atoms with E-state index in [1.165, 1.54) is 24.2 Å². The Hall–Kier alpha value is -3.21. The van der Waals surface area contributed by atoms with Crippen molar-refractivity contribution in [1.82, 2.24) is 29.8 Å². The maximum Gasteiger partial charge on any atom is 0.410 e. The number of nitrogens with one attached hydrogen (secondary N) is 1. The first-order chi connectivity index (χ1) is 19.7. The fourth-order valence-corrected chi connectivity index (χ4v) is 5.62. The van der Waals surface area contributed by atoms with Crippen LogP contribution >= 0.6 is 0 Å². The third-order valence-electron chi connectivity index (χ3n) is 7.70. The molecule has 0 saturated carbocycles. The average Bonchev–Trinajstić information content (AvgIpc) is 3.76. The minimum atomic E-state index is -0.450. The second-order valence-corrected chi connectivity index (χ2v) is 11.9. The number of hydrogen-bond donors (Lipinski definition) is 1. The third kappa shape index (κ3) is 7.79. The van der Waals surface area contributed by atoms with Gasteiger partial charge in [-0.15, -0.1) is 0 Å². The molecule has 0 bridgehead atoms. The number of likely N-dealkylation sites (tertiary alicyclic amines) is 1. The number of amides is 1. The molecule has 1 N–H and O–H groups in total. The summed E-state index contributed by atoms with van der Waals surface area (Å²) in [5, 5.41) is 12.5. The van der Waals surface area contributed by atoms with Crippen LogP contribution in [-0.4, -0.2) is 62.3 Å². The van der Waals surface area contributed by atoms with Crippen molar-refractivity contribution in [2.24, 2.45) is 14.1 Å². The van der Waals surface area contributed by atoms with E-state index in [2.05, 4.69) is 27.6 Å². The quantitative estimate of drug-likeness (QED) is 0.304. The van der Waals surface area contributed by atoms with E-state index in [1.54, 1.807) is 17.4 Å². The number of carbonyl (C=O) groups is 1. The van der Waals surface area contributed by atoms with Crippen LogP contribution < -0.4 is 5.32 Å². The summed E-state index contributed by atoms with van der Waals surface area (Å²) in [6.07, 6.45) is 7.33. The molecule has 2 aliphatic rings. The number of piperidine rings is 2. The summed E-state index contributed by atoms with van der Waals surface area (Å²) in [6, 6.07) is 11.9. The number of carbonyl (C=O) groups excluding carboxylic acids is 1. The monoisotopic (exact) mass is 613 g/mol. The van der Waals surface area contributed by atoms with Crippen molar-refractivity contribution in [2.75, 3.05) is 26.2 Å². The molecule has 1 radical (unpaired) electrons. The first-order valence-electron chi connectivity index (χ1n) is 14.5. The van der Waals surface area contributed by atoms with Gasteiger partial charge in [0.25, 0.3) is 0 Å². The third-order valence-corrected chi connectivity index (χ3v) is 7.70. The van der Waals surface area contributed by atoms with E-state index in [4.69, 9.17) is 13.6 Å². The summed E-state index contributed by atoms with van der Waals surface area (Å²) in [7, 11) is 3.98. The molecule has 0 aromatic carbocycles. The molecule has 4 aromatic heterocycles. The Labute approximate surface area is 259 Å². The van der Waals surface area contributed by atoms with Gasteiger partial charge in [-0.1, -0.05) is 0 Å². The van der Waals surface area contributed by atoms with Crippen LogP contribution in [0.3, 0.4) is 0 Å². The molecule has 1 amide bonds. The Morgan fingerprint density at radius 1 is 0.857 bits per heavy atom. The predicted octanol–water partition coefficient (Wildman–Crippen LogP) is 5.94. The summed E-state index contributed by atoms with van der Waals surface area (Å²) < 4.78 is 20.2. The van der Waals surface area contributed by atoms with Crippen LogP contribution in [-0.2, 0) is 37.4 Å². The van der Waals surface area contributed by atoms with Gasteiger partial charge in [0, 0.05) is 69.0 Å². The number of aromatic nitrogens is 4. The maximum absolute atomic E-state index is 12.2. The topological polar surface area (TPSA) is 103 Å². The largest absolute Gasteiger partial charge is 0.463 e. The molecule has 11 heteroatoms. The van der Waals surface area contributed by atoms with Crippen LogP contribution in [0.1, 0.15) is 69.7 Å². The van der Waals surface area contributed by atoms with Crippen LogP contribution in [0.5, 0.6) is 0 Å². The molecule has 225 valence electrons. The van der Waals surface area contributed by atoms with Gasteiger partial charge in [-0.2, -0.15) is 10.2 Å². The molecule has 2 aliphatic heterocycles. The van der Waals surface area contributed by atoms with E-state index >= 15 is 0 Å². The van der Waals surface area contributed by atoms with Crippen LogP contribution in [0, 0.1) is 0 Å². The predicted molar refractivity (Wildman–Crippen MR) is 156 cm³/mol. The van der Waals surface area contributed by atoms with Gasteiger partial charge in [0.05, 0.1) is 12.5 Å². The van der Waals surface area contributed by atoms with Crippen molar-refractivity contribution < 1.29 is 36.9 Å².